The van der Waals surface area contributed by atoms with Crippen LogP contribution in [0, 0.1) is 0 Å². The molecule has 0 atom stereocenters. The molecule has 2 aromatic rings. The molecule has 0 spiro atoms. The molecule has 1 nitrogen and oxygen atoms in total. The summed E-state index contributed by atoms with van der Waals surface area (Å²) in [4.78, 5) is 0. The molecule has 19 heavy (non-hydrogen) atoms. The van der Waals surface area contributed by atoms with E-state index < -0.39 is 0 Å². The molecule has 0 bridgehead atoms. The van der Waals surface area contributed by atoms with E-state index in [1.807, 2.05) is 6.07 Å². The average Bonchev–Trinajstić information content (AvgIpc) is 2.37. The van der Waals surface area contributed by atoms with Gasteiger partial charge in [-0.15, -0.1) is 0 Å². The topological polar surface area (TPSA) is 12.0 Å². The largest absolute Gasteiger partial charge is 0.385 e. The summed E-state index contributed by atoms with van der Waals surface area (Å²) in [5.74, 6) is 0. The molecule has 2 aromatic carbocycles. The Balaban J connectivity index is 2.12. The Morgan fingerprint density at radius 2 is 1.68 bits per heavy atom. The van der Waals surface area contributed by atoms with Crippen molar-refractivity contribution in [2.45, 2.75) is 12.8 Å². The summed E-state index contributed by atoms with van der Waals surface area (Å²) in [6.45, 7) is 1.04. The molecule has 1 N–H and O–H groups in total. The zero-order chi connectivity index (χ0) is 13.4. The van der Waals surface area contributed by atoms with Crippen LogP contribution in [0.15, 0.2) is 30.3 Å². The Hall–Kier alpha value is -0.890. The number of hydrogen-bond donors (Lipinski definition) is 1. The van der Waals surface area contributed by atoms with Gasteiger partial charge in [-0.25, -0.2) is 0 Å². The summed E-state index contributed by atoms with van der Waals surface area (Å²) in [5.41, 5.74) is 4.40. The van der Waals surface area contributed by atoms with Gasteiger partial charge in [-0.2, -0.15) is 0 Å². The number of fused-ring (bicyclic) bond motifs is 1. The molecule has 0 unspecified atom stereocenters. The molecule has 3 rings (SSSR count). The van der Waals surface area contributed by atoms with E-state index in [2.05, 4.69) is 17.4 Å². The van der Waals surface area contributed by atoms with E-state index in [-0.39, 0.29) is 0 Å². The highest BCUT2D eigenvalue weighted by atomic mass is 35.5. The minimum Gasteiger partial charge on any atom is -0.385 e. The van der Waals surface area contributed by atoms with Gasteiger partial charge < -0.3 is 5.32 Å². The summed E-state index contributed by atoms with van der Waals surface area (Å²) in [6, 6.07) is 9.73. The third kappa shape index (κ3) is 2.55. The number of rotatable bonds is 1. The van der Waals surface area contributed by atoms with Crippen molar-refractivity contribution in [2.75, 3.05) is 11.9 Å². The Morgan fingerprint density at radius 3 is 2.42 bits per heavy atom. The number of benzene rings is 2. The Kier molecular flexibility index (Phi) is 3.62. The van der Waals surface area contributed by atoms with Gasteiger partial charge in [0, 0.05) is 22.8 Å². The van der Waals surface area contributed by atoms with E-state index >= 15 is 0 Å². The predicted octanol–water partition coefficient (Wildman–Crippen LogP) is 5.67. The predicted molar refractivity (Wildman–Crippen MR) is 83.7 cm³/mol. The van der Waals surface area contributed by atoms with Gasteiger partial charge in [0.15, 0.2) is 0 Å². The maximum absolute atomic E-state index is 6.27. The maximum atomic E-state index is 6.27. The molecule has 0 aromatic heterocycles. The monoisotopic (exact) mass is 311 g/mol. The summed E-state index contributed by atoms with van der Waals surface area (Å²) in [7, 11) is 0. The second kappa shape index (κ2) is 5.24. The number of halogens is 3. The zero-order valence-electron chi connectivity index (χ0n) is 10.1. The van der Waals surface area contributed by atoms with E-state index in [9.17, 15) is 0 Å². The van der Waals surface area contributed by atoms with Crippen LogP contribution >= 0.6 is 34.8 Å². The molecule has 98 valence electrons. The Bertz CT molecular complexity index is 614. The maximum Gasteiger partial charge on any atom is 0.0514 e. The first-order valence-electron chi connectivity index (χ1n) is 6.17. The molecule has 0 aliphatic carbocycles. The lowest BCUT2D eigenvalue weighted by atomic mass is 9.97. The summed E-state index contributed by atoms with van der Waals surface area (Å²) >= 11 is 18.5. The minimum absolute atomic E-state index is 0.554. The highest BCUT2D eigenvalue weighted by Gasteiger charge is 2.14. The lowest BCUT2D eigenvalue weighted by Crippen LogP contribution is -2.11. The van der Waals surface area contributed by atoms with Crippen LogP contribution in [0.25, 0.3) is 11.1 Å². The normalized spacial score (nSPS) is 13.8. The third-order valence-electron chi connectivity index (χ3n) is 3.34. The van der Waals surface area contributed by atoms with Gasteiger partial charge in [0.2, 0.25) is 0 Å². The number of hydrogen-bond acceptors (Lipinski definition) is 1. The van der Waals surface area contributed by atoms with Crippen LogP contribution in [-0.4, -0.2) is 6.54 Å². The van der Waals surface area contributed by atoms with E-state index in [1.165, 1.54) is 11.3 Å². The van der Waals surface area contributed by atoms with Crippen LogP contribution in [0.4, 0.5) is 5.69 Å². The fourth-order valence-electron chi connectivity index (χ4n) is 2.45. The quantitative estimate of drug-likeness (QED) is 0.715. The van der Waals surface area contributed by atoms with Crippen molar-refractivity contribution >= 4 is 40.5 Å². The van der Waals surface area contributed by atoms with Gasteiger partial charge in [0.1, 0.15) is 0 Å². The van der Waals surface area contributed by atoms with Crippen LogP contribution < -0.4 is 5.32 Å². The SMILES string of the molecule is Clc1cc(Cl)c(-c2ccc3c(c2)CCCN3)c(Cl)c1. The molecule has 1 aliphatic rings. The second-order valence-electron chi connectivity index (χ2n) is 4.65. The van der Waals surface area contributed by atoms with Crippen LogP contribution in [0.1, 0.15) is 12.0 Å². The highest BCUT2D eigenvalue weighted by molar-refractivity contribution is 6.41. The van der Waals surface area contributed by atoms with Crippen molar-refractivity contribution in [3.05, 3.63) is 51.0 Å². The molecule has 0 radical (unpaired) electrons. The first-order chi connectivity index (χ1) is 9.15. The van der Waals surface area contributed by atoms with Crippen molar-refractivity contribution in [2.24, 2.45) is 0 Å². The molecule has 4 heteroatoms. The van der Waals surface area contributed by atoms with Gasteiger partial charge in [-0.05, 0) is 48.2 Å². The lowest BCUT2D eigenvalue weighted by Gasteiger charge is -2.19. The van der Waals surface area contributed by atoms with Crippen LogP contribution in [0.5, 0.6) is 0 Å². The van der Waals surface area contributed by atoms with E-state index in [1.54, 1.807) is 12.1 Å². The number of anilines is 1. The first-order valence-corrected chi connectivity index (χ1v) is 7.30. The highest BCUT2D eigenvalue weighted by Crippen LogP contribution is 2.38. The third-order valence-corrected chi connectivity index (χ3v) is 4.15. The molecule has 1 heterocycles. The van der Waals surface area contributed by atoms with Gasteiger partial charge in [-0.1, -0.05) is 40.9 Å². The number of aryl methyl sites for hydroxylation is 1. The zero-order valence-corrected chi connectivity index (χ0v) is 12.4. The van der Waals surface area contributed by atoms with Gasteiger partial charge in [-0.3, -0.25) is 0 Å². The first kappa shape index (κ1) is 13.1. The van der Waals surface area contributed by atoms with Gasteiger partial charge >= 0.3 is 0 Å². The van der Waals surface area contributed by atoms with Crippen molar-refractivity contribution in [1.82, 2.24) is 0 Å². The molecular weight excluding hydrogens is 301 g/mol. The smallest absolute Gasteiger partial charge is 0.0514 e. The van der Waals surface area contributed by atoms with Crippen LogP contribution in [-0.2, 0) is 6.42 Å². The fourth-order valence-corrected chi connectivity index (χ4v) is 3.48. The summed E-state index contributed by atoms with van der Waals surface area (Å²) < 4.78 is 0. The van der Waals surface area contributed by atoms with E-state index in [0.717, 1.165) is 30.5 Å². The molecule has 0 saturated heterocycles. The van der Waals surface area contributed by atoms with Crippen molar-refractivity contribution in [1.29, 1.82) is 0 Å². The fraction of sp³-hybridized carbons (Fsp3) is 0.200. The Labute approximate surface area is 127 Å². The van der Waals surface area contributed by atoms with Crippen molar-refractivity contribution < 1.29 is 0 Å². The molecular formula is C15H12Cl3N. The number of nitrogens with one attached hydrogen (secondary N) is 1. The summed E-state index contributed by atoms with van der Waals surface area (Å²) in [5, 5.41) is 5.12. The minimum atomic E-state index is 0.554. The standard InChI is InChI=1S/C15H12Cl3N/c16-11-7-12(17)15(13(18)8-11)10-3-4-14-9(6-10)2-1-5-19-14/h3-4,6-8,19H,1-2,5H2. The lowest BCUT2D eigenvalue weighted by molar-refractivity contribution is 0.830. The van der Waals surface area contributed by atoms with E-state index in [0.29, 0.717) is 15.1 Å². The van der Waals surface area contributed by atoms with Crippen LogP contribution in [0.2, 0.25) is 15.1 Å². The van der Waals surface area contributed by atoms with Gasteiger partial charge in [0.25, 0.3) is 0 Å². The summed E-state index contributed by atoms with van der Waals surface area (Å²) in [6.07, 6.45) is 2.23. The molecule has 0 saturated carbocycles. The average molecular weight is 313 g/mol. The van der Waals surface area contributed by atoms with E-state index in [4.69, 9.17) is 34.8 Å². The second-order valence-corrected chi connectivity index (χ2v) is 5.90. The van der Waals surface area contributed by atoms with Crippen molar-refractivity contribution in [3.63, 3.8) is 0 Å². The molecule has 0 fully saturated rings. The van der Waals surface area contributed by atoms with Gasteiger partial charge in [0.05, 0.1) is 10.0 Å². The molecule has 1 aliphatic heterocycles. The van der Waals surface area contributed by atoms with Crippen molar-refractivity contribution in [3.8, 4) is 11.1 Å². The Morgan fingerprint density at radius 1 is 0.947 bits per heavy atom. The molecule has 0 amide bonds. The van der Waals surface area contributed by atoms with Crippen LogP contribution in [0.3, 0.4) is 0 Å².